The fraction of sp³-hybridized carbons (Fsp3) is 0. The normalized spacial score (nSPS) is 13.4. The van der Waals surface area contributed by atoms with Crippen molar-refractivity contribution in [1.82, 2.24) is 28.7 Å². The van der Waals surface area contributed by atoms with Crippen molar-refractivity contribution in [2.45, 2.75) is 0 Å². The number of fused-ring (bicyclic) bond motifs is 21. The Balaban J connectivity index is 1.02. The number of hydrogen-bond donors (Lipinski definition) is 0. The Bertz CT molecular complexity index is 7940. The third-order valence-corrected chi connectivity index (χ3v) is 22.9. The summed E-state index contributed by atoms with van der Waals surface area (Å²) in [6, 6.07) is 82.8. The molecule has 7 heterocycles. The summed E-state index contributed by atoms with van der Waals surface area (Å²) in [6.07, 6.45) is 0. The number of para-hydroxylation sites is 1. The minimum Gasteiger partial charge on any atom is -0.455 e. The molecule has 0 radical (unpaired) electrons. The smallest absolute Gasteiger partial charge is 0.213 e. The Kier molecular flexibility index (Phi) is 10.7. The summed E-state index contributed by atoms with van der Waals surface area (Å²) in [7, 11) is 0. The first-order valence-electron chi connectivity index (χ1n) is 39.0. The van der Waals surface area contributed by atoms with Crippen molar-refractivity contribution in [2.75, 3.05) is 0 Å². The van der Waals surface area contributed by atoms with E-state index >= 15 is 0 Å². The number of nitrogens with zero attached hydrogens (tertiary/aromatic N) is 7. The van der Waals surface area contributed by atoms with Crippen LogP contribution in [0.25, 0.3) is 217 Å². The van der Waals surface area contributed by atoms with Crippen molar-refractivity contribution < 1.29 is 18.1 Å². The van der Waals surface area contributed by atoms with Crippen LogP contribution >= 0.6 is 22.7 Å². The Morgan fingerprint density at radius 3 is 1.22 bits per heavy atom. The SMILES string of the molecule is [2H]c1c([2H])c([2H])c(-c2nc(-c3cc([N+]#[C-])c(-n4c5ccc(-c6ccccc6)cc5c5c6sc7ccccc7c6ccc54)c(-n4c5ccc(-c6ccccc6)cc5c5c6oc7ccccc7c6ccc54)c3-n3c4ccc(-c5ccccc5)cc4c4c5sc6ccccc6c5ccc43)nc(-c3c([2H])c([2H])c([2H])c([2H])c3[2H])n2)c([2H])c1[2H]. The van der Waals surface area contributed by atoms with E-state index in [-0.39, 0.29) is 17.1 Å². The van der Waals surface area contributed by atoms with Gasteiger partial charge in [-0.1, -0.05) is 236 Å². The summed E-state index contributed by atoms with van der Waals surface area (Å²) in [5.74, 6) is -1.18. The zero-order valence-corrected chi connectivity index (χ0v) is 56.3. The quantitative estimate of drug-likeness (QED) is 0.135. The first-order chi connectivity index (χ1) is 55.7. The van der Waals surface area contributed by atoms with Crippen molar-refractivity contribution >= 4 is 156 Å². The van der Waals surface area contributed by atoms with Crippen LogP contribution in [0.4, 0.5) is 5.69 Å². The van der Waals surface area contributed by atoms with Gasteiger partial charge in [-0.15, -0.1) is 22.7 Å². The van der Waals surface area contributed by atoms with Gasteiger partial charge in [0, 0.05) is 94.7 Å². The molecule has 0 aliphatic rings. The number of benzene rings is 15. The molecule has 0 aliphatic carbocycles. The molecule has 0 saturated heterocycles. The summed E-state index contributed by atoms with van der Waals surface area (Å²) in [5, 5.41) is 11.2. The second kappa shape index (κ2) is 22.7. The third kappa shape index (κ3) is 8.66. The second-order valence-electron chi connectivity index (χ2n) is 26.0. The van der Waals surface area contributed by atoms with E-state index in [1.807, 2.05) is 78.9 Å². The van der Waals surface area contributed by atoms with Gasteiger partial charge in [0.15, 0.2) is 17.5 Å². The maximum atomic E-state index is 10.1. The predicted molar refractivity (Wildman–Crippen MR) is 435 cm³/mol. The Morgan fingerprint density at radius 1 is 0.317 bits per heavy atom. The van der Waals surface area contributed by atoms with Crippen LogP contribution < -0.4 is 0 Å². The molecule has 0 bridgehead atoms. The summed E-state index contributed by atoms with van der Waals surface area (Å²) in [4.78, 5) is 20.3. The molecular formula is C94H53N7OS2. The van der Waals surface area contributed by atoms with Crippen LogP contribution in [0.5, 0.6) is 0 Å². The van der Waals surface area contributed by atoms with Gasteiger partial charge in [-0.3, -0.25) is 0 Å². The molecule has 0 fully saturated rings. The molecule has 15 aromatic carbocycles. The van der Waals surface area contributed by atoms with Gasteiger partial charge in [0.05, 0.1) is 75.8 Å². The van der Waals surface area contributed by atoms with Crippen molar-refractivity contribution in [3.63, 3.8) is 0 Å². The summed E-state index contributed by atoms with van der Waals surface area (Å²) < 4.78 is 111. The van der Waals surface area contributed by atoms with Crippen LogP contribution in [0.15, 0.2) is 326 Å². The molecule has 482 valence electrons. The van der Waals surface area contributed by atoms with Gasteiger partial charge in [0.1, 0.15) is 11.2 Å². The lowest BCUT2D eigenvalue weighted by atomic mass is 10.0. The van der Waals surface area contributed by atoms with Gasteiger partial charge >= 0.3 is 0 Å². The summed E-state index contributed by atoms with van der Waals surface area (Å²) in [5.41, 5.74) is 12.0. The average molecular weight is 1370 g/mol. The molecule has 10 heteroatoms. The van der Waals surface area contributed by atoms with Crippen molar-refractivity contribution in [3.8, 4) is 84.6 Å². The van der Waals surface area contributed by atoms with Crippen molar-refractivity contribution in [3.05, 3.63) is 333 Å². The number of aromatic nitrogens is 6. The molecule has 0 N–H and O–H groups in total. The minimum absolute atomic E-state index is 0.0833. The Labute approximate surface area is 616 Å². The zero-order valence-electron chi connectivity index (χ0n) is 64.7. The highest BCUT2D eigenvalue weighted by Gasteiger charge is 2.34. The number of furan rings is 1. The molecule has 0 spiro atoms. The molecule has 104 heavy (non-hydrogen) atoms. The first kappa shape index (κ1) is 49.1. The van der Waals surface area contributed by atoms with Gasteiger partial charge < -0.3 is 18.1 Å². The lowest BCUT2D eigenvalue weighted by Gasteiger charge is -2.26. The van der Waals surface area contributed by atoms with E-state index in [2.05, 4.69) is 190 Å². The van der Waals surface area contributed by atoms with Gasteiger partial charge in [-0.2, -0.15) is 0 Å². The van der Waals surface area contributed by atoms with E-state index in [9.17, 15) is 12.1 Å². The van der Waals surface area contributed by atoms with Crippen LogP contribution in [0.2, 0.25) is 0 Å². The molecule has 0 unspecified atom stereocenters. The monoisotopic (exact) mass is 1370 g/mol. The van der Waals surface area contributed by atoms with Crippen LogP contribution in [-0.2, 0) is 0 Å². The van der Waals surface area contributed by atoms with E-state index in [4.69, 9.17) is 32.4 Å². The van der Waals surface area contributed by atoms with E-state index in [0.29, 0.717) is 44.8 Å². The molecular weight excluding hydrogens is 1310 g/mol. The average Bonchev–Trinajstić information content (AvgIpc) is 1.37. The van der Waals surface area contributed by atoms with E-state index < -0.39 is 83.2 Å². The van der Waals surface area contributed by atoms with E-state index in [1.54, 1.807) is 28.7 Å². The van der Waals surface area contributed by atoms with Crippen LogP contribution in [0.1, 0.15) is 13.7 Å². The van der Waals surface area contributed by atoms with E-state index in [0.717, 1.165) is 133 Å². The maximum absolute atomic E-state index is 10.1. The van der Waals surface area contributed by atoms with Gasteiger partial charge in [-0.25, -0.2) is 19.8 Å². The third-order valence-electron chi connectivity index (χ3n) is 20.5. The summed E-state index contributed by atoms with van der Waals surface area (Å²) in [6.45, 7) is 10.1. The highest BCUT2D eigenvalue weighted by molar-refractivity contribution is 7.27. The fourth-order valence-corrected chi connectivity index (χ4v) is 18.5. The van der Waals surface area contributed by atoms with Crippen LogP contribution in [0, 0.1) is 6.57 Å². The molecule has 7 aromatic heterocycles. The van der Waals surface area contributed by atoms with Crippen LogP contribution in [0.3, 0.4) is 0 Å². The highest BCUT2D eigenvalue weighted by Crippen LogP contribution is 2.54. The lowest BCUT2D eigenvalue weighted by Crippen LogP contribution is -2.12. The molecule has 8 nitrogen and oxygen atoms in total. The summed E-state index contributed by atoms with van der Waals surface area (Å²) >= 11 is 3.39. The lowest BCUT2D eigenvalue weighted by molar-refractivity contribution is 0.673. The first-order valence-corrected chi connectivity index (χ1v) is 35.6. The maximum Gasteiger partial charge on any atom is 0.213 e. The zero-order chi connectivity index (χ0) is 77.0. The van der Waals surface area contributed by atoms with Gasteiger partial charge in [0.2, 0.25) is 5.69 Å². The largest absolute Gasteiger partial charge is 0.455 e. The van der Waals surface area contributed by atoms with Crippen LogP contribution in [-0.4, -0.2) is 28.7 Å². The topological polar surface area (TPSA) is 71.0 Å². The fourth-order valence-electron chi connectivity index (χ4n) is 16.0. The standard InChI is InChI=1S/C94H53N7OS2/c1-95-73-54-72(94-97-92(58-29-13-5-14-30-58)96-93(98-94)59-31-15-6-16-32-59)86(99-75-46-40-61(56-25-9-3-10-26-56)52-70(75)84-78(99)49-43-67-64-34-18-21-37-81(64)103-90(67)84)88(101-74-45-39-60(55-23-7-2-8-24-55)51-69(74)83-77(101)48-42-66-63-33-17-20-36-80(63)102-89(66)83)87(73)100-76-47-41-62(57-27-11-4-12-28-57)53-71(76)85-79(100)50-44-68-65-35-19-22-38-82(65)104-91(68)85/h2-54H/i5D,6D,13D,14D,15D,16D,29D,30D,31D,32D. The van der Waals surface area contributed by atoms with Gasteiger partial charge in [0.25, 0.3) is 0 Å². The minimum atomic E-state index is -0.692. The van der Waals surface area contributed by atoms with Crippen molar-refractivity contribution in [1.29, 1.82) is 0 Å². The predicted octanol–water partition coefficient (Wildman–Crippen LogP) is 26.4. The molecule has 0 aliphatic heterocycles. The Hall–Kier alpha value is -13.6. The molecule has 0 atom stereocenters. The van der Waals surface area contributed by atoms with E-state index in [1.165, 1.54) is 0 Å². The molecule has 0 amide bonds. The molecule has 22 rings (SSSR count). The molecule has 0 saturated carbocycles. The van der Waals surface area contributed by atoms with Crippen molar-refractivity contribution in [2.24, 2.45) is 0 Å². The second-order valence-corrected chi connectivity index (χ2v) is 28.1. The number of thiophene rings is 2. The van der Waals surface area contributed by atoms with Gasteiger partial charge in [-0.05, 0) is 118 Å². The Morgan fingerprint density at radius 2 is 0.721 bits per heavy atom. The molecule has 22 aromatic rings. The highest BCUT2D eigenvalue weighted by atomic mass is 32.1. The number of rotatable bonds is 9. The number of hydrogen-bond acceptors (Lipinski definition) is 6.